The second-order valence-electron chi connectivity index (χ2n) is 7.63. The van der Waals surface area contributed by atoms with Gasteiger partial charge in [-0.15, -0.1) is 0 Å². The van der Waals surface area contributed by atoms with Crippen LogP contribution in [0.5, 0.6) is 23.1 Å². The lowest BCUT2D eigenvalue weighted by Gasteiger charge is -2.25. The number of nitrogens with zero attached hydrogens (tertiary/aromatic N) is 1. The van der Waals surface area contributed by atoms with Crippen molar-refractivity contribution in [3.05, 3.63) is 76.4 Å². The average molecular weight is 499 g/mol. The standard InChI is InChI=1S/C25H23ClN2O7/c1-32-23-4-2-3-16(28-23)9-11-27-24(29)15-5-7-17(8-6-15)34-22-14-21-18(13-19(22)26)20(10-12-33-21)35-25(30)31/h2-8,13-14,20H,9-12H2,1H3,(H,27,29)(H,30,31). The van der Waals surface area contributed by atoms with E-state index in [0.717, 1.165) is 5.69 Å². The number of carbonyl (C=O) groups excluding carboxylic acids is 1. The van der Waals surface area contributed by atoms with Crippen LogP contribution >= 0.6 is 11.6 Å². The molecule has 1 aliphatic heterocycles. The predicted molar refractivity (Wildman–Crippen MR) is 127 cm³/mol. The van der Waals surface area contributed by atoms with E-state index in [-0.39, 0.29) is 10.9 Å². The highest BCUT2D eigenvalue weighted by Crippen LogP contribution is 2.42. The van der Waals surface area contributed by atoms with Crippen molar-refractivity contribution in [1.29, 1.82) is 0 Å². The third-order valence-electron chi connectivity index (χ3n) is 5.29. The number of hydrogen-bond acceptors (Lipinski definition) is 7. The average Bonchev–Trinajstić information content (AvgIpc) is 2.85. The molecule has 1 aliphatic rings. The Balaban J connectivity index is 1.36. The highest BCUT2D eigenvalue weighted by atomic mass is 35.5. The van der Waals surface area contributed by atoms with E-state index in [9.17, 15) is 9.59 Å². The van der Waals surface area contributed by atoms with Gasteiger partial charge >= 0.3 is 6.16 Å². The molecule has 182 valence electrons. The van der Waals surface area contributed by atoms with Crippen LogP contribution in [0.2, 0.25) is 5.02 Å². The minimum atomic E-state index is -1.36. The lowest BCUT2D eigenvalue weighted by atomic mass is 10.0. The Kier molecular flexibility index (Phi) is 7.57. The number of carboxylic acid groups (broad SMARTS) is 1. The first-order chi connectivity index (χ1) is 16.9. The number of fused-ring (bicyclic) bond motifs is 1. The highest BCUT2D eigenvalue weighted by Gasteiger charge is 2.27. The van der Waals surface area contributed by atoms with Gasteiger partial charge in [0, 0.05) is 48.3 Å². The topological polar surface area (TPSA) is 116 Å². The number of benzene rings is 2. The number of carbonyl (C=O) groups is 2. The lowest BCUT2D eigenvalue weighted by Crippen LogP contribution is -2.25. The van der Waals surface area contributed by atoms with Crippen LogP contribution in [-0.2, 0) is 11.2 Å². The normalized spacial score (nSPS) is 14.3. The minimum Gasteiger partial charge on any atom is -0.493 e. The van der Waals surface area contributed by atoms with Gasteiger partial charge < -0.3 is 29.4 Å². The van der Waals surface area contributed by atoms with Crippen molar-refractivity contribution in [3.63, 3.8) is 0 Å². The molecule has 3 aromatic rings. The molecular weight excluding hydrogens is 476 g/mol. The maximum Gasteiger partial charge on any atom is 0.506 e. The van der Waals surface area contributed by atoms with E-state index in [0.29, 0.717) is 60.2 Å². The van der Waals surface area contributed by atoms with Crippen molar-refractivity contribution >= 4 is 23.7 Å². The lowest BCUT2D eigenvalue weighted by molar-refractivity contribution is 0.0326. The second kappa shape index (κ2) is 11.0. The summed E-state index contributed by atoms with van der Waals surface area (Å²) in [6.45, 7) is 0.734. The van der Waals surface area contributed by atoms with Crippen LogP contribution in [0.4, 0.5) is 4.79 Å². The number of ether oxygens (including phenoxy) is 4. The summed E-state index contributed by atoms with van der Waals surface area (Å²) in [5.41, 5.74) is 1.84. The number of amides is 1. The van der Waals surface area contributed by atoms with Gasteiger partial charge in [-0.2, -0.15) is 0 Å². The summed E-state index contributed by atoms with van der Waals surface area (Å²) in [7, 11) is 1.56. The molecule has 1 atom stereocenters. The van der Waals surface area contributed by atoms with Crippen LogP contribution in [0.15, 0.2) is 54.6 Å². The predicted octanol–water partition coefficient (Wildman–Crippen LogP) is 5.03. The van der Waals surface area contributed by atoms with Crippen LogP contribution < -0.4 is 19.5 Å². The smallest absolute Gasteiger partial charge is 0.493 e. The first-order valence-corrected chi connectivity index (χ1v) is 11.2. The van der Waals surface area contributed by atoms with Gasteiger partial charge in [0.2, 0.25) is 5.88 Å². The summed E-state index contributed by atoms with van der Waals surface area (Å²) < 4.78 is 21.5. The van der Waals surface area contributed by atoms with Crippen LogP contribution in [0, 0.1) is 0 Å². The summed E-state index contributed by atoms with van der Waals surface area (Å²) in [5, 5.41) is 12.1. The molecule has 0 aliphatic carbocycles. The fourth-order valence-electron chi connectivity index (χ4n) is 3.60. The first kappa shape index (κ1) is 24.2. The van der Waals surface area contributed by atoms with E-state index in [1.54, 1.807) is 49.6 Å². The third-order valence-corrected chi connectivity index (χ3v) is 5.59. The highest BCUT2D eigenvalue weighted by molar-refractivity contribution is 6.32. The number of halogens is 1. The van der Waals surface area contributed by atoms with E-state index >= 15 is 0 Å². The molecule has 2 N–H and O–H groups in total. The summed E-state index contributed by atoms with van der Waals surface area (Å²) >= 11 is 6.36. The fraction of sp³-hybridized carbons (Fsp3) is 0.240. The van der Waals surface area contributed by atoms with Gasteiger partial charge in [0.05, 0.1) is 18.7 Å². The van der Waals surface area contributed by atoms with Crippen molar-refractivity contribution in [2.24, 2.45) is 0 Å². The minimum absolute atomic E-state index is 0.218. The van der Waals surface area contributed by atoms with Crippen LogP contribution in [0.3, 0.4) is 0 Å². The van der Waals surface area contributed by atoms with Gasteiger partial charge in [-0.1, -0.05) is 17.7 Å². The fourth-order valence-corrected chi connectivity index (χ4v) is 3.81. The Labute approximate surface area is 206 Å². The molecule has 2 heterocycles. The molecule has 0 saturated heterocycles. The van der Waals surface area contributed by atoms with Crippen molar-refractivity contribution in [2.75, 3.05) is 20.3 Å². The molecule has 35 heavy (non-hydrogen) atoms. The van der Waals surface area contributed by atoms with Gasteiger partial charge in [-0.3, -0.25) is 4.79 Å². The molecular formula is C25H23ClN2O7. The van der Waals surface area contributed by atoms with Gasteiger partial charge in [0.15, 0.2) is 0 Å². The van der Waals surface area contributed by atoms with E-state index in [4.69, 9.17) is 35.7 Å². The molecule has 0 saturated carbocycles. The summed E-state index contributed by atoms with van der Waals surface area (Å²) in [5.74, 6) is 1.57. The molecule has 4 rings (SSSR count). The van der Waals surface area contributed by atoms with Crippen molar-refractivity contribution < 1.29 is 33.6 Å². The largest absolute Gasteiger partial charge is 0.506 e. The number of pyridine rings is 1. The van der Waals surface area contributed by atoms with E-state index < -0.39 is 12.3 Å². The van der Waals surface area contributed by atoms with Crippen LogP contribution in [0.1, 0.15) is 34.1 Å². The molecule has 1 amide bonds. The SMILES string of the molecule is COc1cccc(CCNC(=O)c2ccc(Oc3cc4c(cc3Cl)C(OC(=O)O)CCO4)cc2)n1. The van der Waals surface area contributed by atoms with Gasteiger partial charge in [0.1, 0.15) is 23.4 Å². The molecule has 1 unspecified atom stereocenters. The zero-order valence-corrected chi connectivity index (χ0v) is 19.6. The zero-order chi connectivity index (χ0) is 24.8. The van der Waals surface area contributed by atoms with Crippen molar-refractivity contribution in [2.45, 2.75) is 18.9 Å². The quantitative estimate of drug-likeness (QED) is 0.415. The molecule has 10 heteroatoms. The van der Waals surface area contributed by atoms with E-state index in [1.807, 2.05) is 12.1 Å². The first-order valence-electron chi connectivity index (χ1n) is 10.8. The summed E-state index contributed by atoms with van der Waals surface area (Å²) in [6.07, 6.45) is -1.04. The van der Waals surface area contributed by atoms with Gasteiger partial charge in [-0.05, 0) is 36.4 Å². The summed E-state index contributed by atoms with van der Waals surface area (Å²) in [6, 6.07) is 15.3. The molecule has 0 fully saturated rings. The molecule has 1 aromatic heterocycles. The monoisotopic (exact) mass is 498 g/mol. The van der Waals surface area contributed by atoms with E-state index in [1.165, 1.54) is 0 Å². The van der Waals surface area contributed by atoms with E-state index in [2.05, 4.69) is 10.3 Å². The number of methoxy groups -OCH3 is 1. The van der Waals surface area contributed by atoms with Crippen molar-refractivity contribution in [1.82, 2.24) is 10.3 Å². The summed E-state index contributed by atoms with van der Waals surface area (Å²) in [4.78, 5) is 27.7. The molecule has 9 nitrogen and oxygen atoms in total. The molecule has 0 bridgehead atoms. The van der Waals surface area contributed by atoms with Crippen molar-refractivity contribution in [3.8, 4) is 23.1 Å². The molecule has 2 aromatic carbocycles. The van der Waals surface area contributed by atoms with Crippen LogP contribution in [0.25, 0.3) is 0 Å². The Hall–Kier alpha value is -3.98. The number of rotatable bonds is 8. The zero-order valence-electron chi connectivity index (χ0n) is 18.8. The Bertz CT molecular complexity index is 1220. The Morgan fingerprint density at radius 1 is 1.20 bits per heavy atom. The molecule has 0 spiro atoms. The maximum atomic E-state index is 12.5. The molecule has 0 radical (unpaired) electrons. The number of aromatic nitrogens is 1. The number of nitrogens with one attached hydrogen (secondary N) is 1. The second-order valence-corrected chi connectivity index (χ2v) is 8.04. The van der Waals surface area contributed by atoms with Gasteiger partial charge in [0.25, 0.3) is 5.91 Å². The number of hydrogen-bond donors (Lipinski definition) is 2. The van der Waals surface area contributed by atoms with Gasteiger partial charge in [-0.25, -0.2) is 9.78 Å². The Morgan fingerprint density at radius 2 is 2.00 bits per heavy atom. The maximum absolute atomic E-state index is 12.5. The van der Waals surface area contributed by atoms with Crippen LogP contribution in [-0.4, -0.2) is 42.4 Å². The third kappa shape index (κ3) is 6.13. The Morgan fingerprint density at radius 3 is 2.74 bits per heavy atom.